The van der Waals surface area contributed by atoms with Crippen LogP contribution in [0.15, 0.2) is 11.6 Å². The van der Waals surface area contributed by atoms with E-state index in [4.69, 9.17) is 0 Å². The van der Waals surface area contributed by atoms with Crippen LogP contribution in [0.3, 0.4) is 0 Å². The second-order valence-corrected chi connectivity index (χ2v) is 8.50. The molecule has 4 rings (SSSR count). The van der Waals surface area contributed by atoms with E-state index < -0.39 is 0 Å². The zero-order valence-corrected chi connectivity index (χ0v) is 16.0. The molecule has 0 amide bonds. The third-order valence-electron chi connectivity index (χ3n) is 6.05. The fourth-order valence-electron chi connectivity index (χ4n) is 4.72. The number of hydrogen-bond acceptors (Lipinski definition) is 5. The monoisotopic (exact) mass is 362 g/mol. The molecule has 0 spiro atoms. The molecule has 1 aliphatic carbocycles. The number of imidazole rings is 1. The van der Waals surface area contributed by atoms with Gasteiger partial charge < -0.3 is 5.11 Å². The van der Waals surface area contributed by atoms with E-state index in [0.717, 1.165) is 49.3 Å². The molecule has 0 aromatic carbocycles. The molecule has 3 heterocycles. The van der Waals surface area contributed by atoms with Gasteiger partial charge in [0.1, 0.15) is 0 Å². The topological polar surface area (TPSA) is 44.0 Å². The summed E-state index contributed by atoms with van der Waals surface area (Å²) < 4.78 is 2.24. The molecule has 6 heteroatoms. The molecular formula is C19H30N4OS. The summed E-state index contributed by atoms with van der Waals surface area (Å²) >= 11 is 1.70. The molecule has 2 aliphatic rings. The van der Waals surface area contributed by atoms with E-state index >= 15 is 0 Å². The van der Waals surface area contributed by atoms with Gasteiger partial charge >= 0.3 is 0 Å². The highest BCUT2D eigenvalue weighted by Gasteiger charge is 2.32. The van der Waals surface area contributed by atoms with Gasteiger partial charge in [0, 0.05) is 56.4 Å². The van der Waals surface area contributed by atoms with E-state index in [9.17, 15) is 5.11 Å². The SMILES string of the molecule is Cc1nc2sccn2c1CN1CCN(C2CCCCC2)C(CCO)C1. The second-order valence-electron chi connectivity index (χ2n) is 7.63. The van der Waals surface area contributed by atoms with Crippen LogP contribution in [-0.2, 0) is 6.54 Å². The molecule has 5 nitrogen and oxygen atoms in total. The Hall–Kier alpha value is -0.950. The number of aromatic nitrogens is 2. The van der Waals surface area contributed by atoms with Crippen LogP contribution < -0.4 is 0 Å². The molecule has 1 saturated heterocycles. The van der Waals surface area contributed by atoms with Gasteiger partial charge in [-0.1, -0.05) is 19.3 Å². The molecule has 2 fully saturated rings. The number of rotatable bonds is 5. The summed E-state index contributed by atoms with van der Waals surface area (Å²) in [6, 6.07) is 1.24. The highest BCUT2D eigenvalue weighted by molar-refractivity contribution is 7.15. The summed E-state index contributed by atoms with van der Waals surface area (Å²) in [5, 5.41) is 11.7. The van der Waals surface area contributed by atoms with Crippen molar-refractivity contribution in [3.8, 4) is 0 Å². The van der Waals surface area contributed by atoms with Gasteiger partial charge in [-0.25, -0.2) is 4.98 Å². The lowest BCUT2D eigenvalue weighted by Gasteiger charge is -2.46. The summed E-state index contributed by atoms with van der Waals surface area (Å²) in [4.78, 5) is 11.1. The molecule has 1 atom stereocenters. The van der Waals surface area contributed by atoms with Gasteiger partial charge in [-0.3, -0.25) is 14.2 Å². The van der Waals surface area contributed by atoms with E-state index in [1.54, 1.807) is 11.3 Å². The van der Waals surface area contributed by atoms with Crippen LogP contribution >= 0.6 is 11.3 Å². The summed E-state index contributed by atoms with van der Waals surface area (Å²) in [6.45, 7) is 6.70. The van der Waals surface area contributed by atoms with E-state index in [1.807, 2.05) is 0 Å². The van der Waals surface area contributed by atoms with Gasteiger partial charge in [-0.05, 0) is 26.2 Å². The van der Waals surface area contributed by atoms with Crippen LogP contribution in [0.2, 0.25) is 0 Å². The number of thiazole rings is 1. The van der Waals surface area contributed by atoms with Crippen molar-refractivity contribution in [1.29, 1.82) is 0 Å². The Labute approximate surface area is 154 Å². The first-order valence-electron chi connectivity index (χ1n) is 9.76. The Kier molecular flexibility index (Phi) is 5.41. The highest BCUT2D eigenvalue weighted by atomic mass is 32.1. The molecule has 0 bridgehead atoms. The summed E-state index contributed by atoms with van der Waals surface area (Å²) in [5.41, 5.74) is 2.48. The van der Waals surface area contributed by atoms with Crippen LogP contribution in [0, 0.1) is 6.92 Å². The van der Waals surface area contributed by atoms with Crippen molar-refractivity contribution in [3.05, 3.63) is 23.0 Å². The molecule has 2 aromatic rings. The molecule has 1 unspecified atom stereocenters. The van der Waals surface area contributed by atoms with E-state index in [0.29, 0.717) is 12.6 Å². The molecule has 1 N–H and O–H groups in total. The number of nitrogens with zero attached hydrogens (tertiary/aromatic N) is 4. The average molecular weight is 363 g/mol. The van der Waals surface area contributed by atoms with Crippen LogP contribution in [-0.4, -0.2) is 62.6 Å². The van der Waals surface area contributed by atoms with Gasteiger partial charge in [0.05, 0.1) is 11.4 Å². The van der Waals surface area contributed by atoms with Crippen molar-refractivity contribution in [2.24, 2.45) is 0 Å². The lowest BCUT2D eigenvalue weighted by Crippen LogP contribution is -2.56. The second kappa shape index (κ2) is 7.74. The molecular weight excluding hydrogens is 332 g/mol. The molecule has 0 radical (unpaired) electrons. The van der Waals surface area contributed by atoms with E-state index in [-0.39, 0.29) is 0 Å². The third kappa shape index (κ3) is 3.63. The quantitative estimate of drug-likeness (QED) is 0.888. The molecule has 1 aliphatic heterocycles. The fourth-order valence-corrected chi connectivity index (χ4v) is 5.50. The maximum Gasteiger partial charge on any atom is 0.194 e. The molecule has 2 aromatic heterocycles. The predicted molar refractivity (Wildman–Crippen MR) is 102 cm³/mol. The third-order valence-corrected chi connectivity index (χ3v) is 6.81. The smallest absolute Gasteiger partial charge is 0.194 e. The maximum absolute atomic E-state index is 9.58. The fraction of sp³-hybridized carbons (Fsp3) is 0.737. The number of aryl methyl sites for hydroxylation is 1. The Morgan fingerprint density at radius 1 is 1.24 bits per heavy atom. The number of aliphatic hydroxyl groups is 1. The van der Waals surface area contributed by atoms with Crippen molar-refractivity contribution in [1.82, 2.24) is 19.2 Å². The van der Waals surface area contributed by atoms with Gasteiger partial charge in [0.2, 0.25) is 0 Å². The van der Waals surface area contributed by atoms with Crippen molar-refractivity contribution in [2.45, 2.75) is 64.1 Å². The van der Waals surface area contributed by atoms with Crippen LogP contribution in [0.4, 0.5) is 0 Å². The molecule has 138 valence electrons. The Balaban J connectivity index is 1.45. The Morgan fingerprint density at radius 2 is 2.08 bits per heavy atom. The Morgan fingerprint density at radius 3 is 2.88 bits per heavy atom. The largest absolute Gasteiger partial charge is 0.396 e. The number of fused-ring (bicyclic) bond motifs is 1. The standard InChI is InChI=1S/C19H30N4OS/c1-15-18(23-10-12-25-19(23)20-15)14-21-8-9-22(17(13-21)7-11-24)16-5-3-2-4-6-16/h10,12,16-17,24H,2-9,11,13-14H2,1H3. The van der Waals surface area contributed by atoms with E-state index in [1.165, 1.54) is 37.8 Å². The van der Waals surface area contributed by atoms with Gasteiger partial charge in [0.15, 0.2) is 4.96 Å². The van der Waals surface area contributed by atoms with Crippen molar-refractivity contribution >= 4 is 16.3 Å². The zero-order valence-electron chi connectivity index (χ0n) is 15.2. The number of aliphatic hydroxyl groups excluding tert-OH is 1. The summed E-state index contributed by atoms with van der Waals surface area (Å²) in [5.74, 6) is 0. The van der Waals surface area contributed by atoms with E-state index in [2.05, 4.69) is 37.7 Å². The van der Waals surface area contributed by atoms with Gasteiger partial charge in [-0.2, -0.15) is 0 Å². The molecule has 1 saturated carbocycles. The van der Waals surface area contributed by atoms with Crippen LogP contribution in [0.1, 0.15) is 49.9 Å². The minimum absolute atomic E-state index is 0.294. The number of piperazine rings is 1. The predicted octanol–water partition coefficient (Wildman–Crippen LogP) is 2.91. The van der Waals surface area contributed by atoms with Gasteiger partial charge in [0.25, 0.3) is 0 Å². The minimum Gasteiger partial charge on any atom is -0.396 e. The first kappa shape index (κ1) is 17.5. The average Bonchev–Trinajstić information content (AvgIpc) is 3.19. The van der Waals surface area contributed by atoms with Crippen LogP contribution in [0.25, 0.3) is 4.96 Å². The van der Waals surface area contributed by atoms with Gasteiger partial charge in [-0.15, -0.1) is 11.3 Å². The normalized spacial score (nSPS) is 24.3. The lowest BCUT2D eigenvalue weighted by molar-refractivity contribution is 0.0131. The maximum atomic E-state index is 9.58. The van der Waals surface area contributed by atoms with Crippen LogP contribution in [0.5, 0.6) is 0 Å². The van der Waals surface area contributed by atoms with Crippen molar-refractivity contribution in [2.75, 3.05) is 26.2 Å². The Bertz CT molecular complexity index is 691. The highest BCUT2D eigenvalue weighted by Crippen LogP contribution is 2.28. The minimum atomic E-state index is 0.294. The zero-order chi connectivity index (χ0) is 17.2. The number of hydrogen-bond donors (Lipinski definition) is 1. The van der Waals surface area contributed by atoms with Crippen molar-refractivity contribution < 1.29 is 5.11 Å². The summed E-state index contributed by atoms with van der Waals surface area (Å²) in [6.07, 6.45) is 9.88. The summed E-state index contributed by atoms with van der Waals surface area (Å²) in [7, 11) is 0. The van der Waals surface area contributed by atoms with Crippen molar-refractivity contribution in [3.63, 3.8) is 0 Å². The molecule has 25 heavy (non-hydrogen) atoms. The first-order valence-corrected chi connectivity index (χ1v) is 10.6. The first-order chi connectivity index (χ1) is 12.3. The lowest BCUT2D eigenvalue weighted by atomic mass is 9.92.